The molecule has 0 aromatic heterocycles. The molecule has 3 aromatic rings. The summed E-state index contributed by atoms with van der Waals surface area (Å²) in [4.78, 5) is 44.2. The molecule has 0 radical (unpaired) electrons. The smallest absolute Gasteiger partial charge is 0.255 e. The van der Waals surface area contributed by atoms with Gasteiger partial charge in [0, 0.05) is 31.1 Å². The predicted octanol–water partition coefficient (Wildman–Crippen LogP) is 4.00. The maximum atomic E-state index is 14.1. The number of nitrogens with two attached hydrogens (primary N) is 2. The van der Waals surface area contributed by atoms with Gasteiger partial charge in [0.1, 0.15) is 5.54 Å². The number of benzene rings is 3. The summed E-state index contributed by atoms with van der Waals surface area (Å²) >= 11 is 12.6. The van der Waals surface area contributed by atoms with Gasteiger partial charge in [0.05, 0.1) is 28.2 Å². The number of likely N-dealkylation sites (N-methyl/N-ethyl adjacent to an activating group) is 1. The quantitative estimate of drug-likeness (QED) is 0.332. The zero-order valence-electron chi connectivity index (χ0n) is 24.4. The maximum Gasteiger partial charge on any atom is 0.255 e. The summed E-state index contributed by atoms with van der Waals surface area (Å²) in [5.41, 5.74) is 12.3. The van der Waals surface area contributed by atoms with Crippen molar-refractivity contribution in [2.75, 3.05) is 46.8 Å². The first-order chi connectivity index (χ1) is 20.4. The number of nitriles is 1. The van der Waals surface area contributed by atoms with Crippen molar-refractivity contribution in [2.45, 2.75) is 30.7 Å². The van der Waals surface area contributed by atoms with Crippen LogP contribution in [0, 0.1) is 11.3 Å². The van der Waals surface area contributed by atoms with Gasteiger partial charge >= 0.3 is 0 Å². The summed E-state index contributed by atoms with van der Waals surface area (Å²) in [5, 5.41) is 11.8. The van der Waals surface area contributed by atoms with Gasteiger partial charge in [-0.3, -0.25) is 19.3 Å². The second-order valence-electron chi connectivity index (χ2n) is 11.3. The Bertz CT molecular complexity index is 1560. The molecule has 0 saturated carbocycles. The third-order valence-electron chi connectivity index (χ3n) is 8.50. The second kappa shape index (κ2) is 13.7. The third kappa shape index (κ3) is 7.28. The van der Waals surface area contributed by atoms with E-state index in [0.717, 1.165) is 10.9 Å². The Balaban J connectivity index is 1.62. The lowest BCUT2D eigenvalue weighted by molar-refractivity contribution is -0.131. The first-order valence-electron chi connectivity index (χ1n) is 14.1. The molecule has 1 aliphatic rings. The zero-order valence-corrected chi connectivity index (χ0v) is 25.9. The van der Waals surface area contributed by atoms with Crippen LogP contribution in [-0.4, -0.2) is 84.8 Å². The summed E-state index contributed by atoms with van der Waals surface area (Å²) in [6.07, 6.45) is 1.85. The van der Waals surface area contributed by atoms with Gasteiger partial charge in [0.25, 0.3) is 5.91 Å². The Morgan fingerprint density at radius 2 is 1.72 bits per heavy atom. The van der Waals surface area contributed by atoms with E-state index in [0.29, 0.717) is 65.5 Å². The number of piperidine rings is 1. The van der Waals surface area contributed by atoms with E-state index in [-0.39, 0.29) is 24.9 Å². The van der Waals surface area contributed by atoms with Crippen LogP contribution >= 0.6 is 23.2 Å². The van der Waals surface area contributed by atoms with Gasteiger partial charge in [-0.25, -0.2) is 0 Å². The zero-order chi connectivity index (χ0) is 31.3. The highest BCUT2D eigenvalue weighted by molar-refractivity contribution is 6.42. The summed E-state index contributed by atoms with van der Waals surface area (Å²) < 4.78 is 0. The normalized spacial score (nSPS) is 15.6. The fraction of sp³-hybridized carbons (Fsp3) is 0.375. The van der Waals surface area contributed by atoms with Crippen molar-refractivity contribution in [1.82, 2.24) is 14.7 Å². The van der Waals surface area contributed by atoms with Crippen molar-refractivity contribution in [3.05, 3.63) is 81.3 Å². The molecule has 0 spiro atoms. The molecule has 226 valence electrons. The van der Waals surface area contributed by atoms with Crippen LogP contribution in [0.4, 0.5) is 0 Å². The fourth-order valence-electron chi connectivity index (χ4n) is 5.92. The van der Waals surface area contributed by atoms with Crippen LogP contribution in [0.2, 0.25) is 10.0 Å². The Kier molecular flexibility index (Phi) is 10.3. The summed E-state index contributed by atoms with van der Waals surface area (Å²) in [7, 11) is 3.75. The number of primary amides is 2. The molecule has 1 heterocycles. The number of rotatable bonds is 11. The van der Waals surface area contributed by atoms with Gasteiger partial charge in [0.15, 0.2) is 0 Å². The van der Waals surface area contributed by atoms with E-state index in [1.165, 1.54) is 4.90 Å². The van der Waals surface area contributed by atoms with Crippen molar-refractivity contribution in [1.29, 1.82) is 5.26 Å². The SMILES string of the molecule is CN(C)C1(C(N)=O)CCN(CC[C@H](CN(CC(N)=O)C(=O)c2cc(C#N)cc3ccccc23)c2ccc(Cl)c(Cl)c2)CC1. The lowest BCUT2D eigenvalue weighted by Crippen LogP contribution is -2.60. The molecular formula is C32H36Cl2N6O3. The minimum absolute atomic E-state index is 0.182. The number of hydrogen-bond donors (Lipinski definition) is 2. The summed E-state index contributed by atoms with van der Waals surface area (Å²) in [6, 6.07) is 18.1. The highest BCUT2D eigenvalue weighted by Crippen LogP contribution is 2.32. The molecule has 0 unspecified atom stereocenters. The van der Waals surface area contributed by atoms with Crippen molar-refractivity contribution < 1.29 is 14.4 Å². The largest absolute Gasteiger partial charge is 0.368 e. The Morgan fingerprint density at radius 1 is 1.02 bits per heavy atom. The van der Waals surface area contributed by atoms with Crippen LogP contribution in [0.3, 0.4) is 0 Å². The number of amides is 3. The lowest BCUT2D eigenvalue weighted by Gasteiger charge is -2.44. The molecule has 0 bridgehead atoms. The highest BCUT2D eigenvalue weighted by atomic mass is 35.5. The molecule has 1 atom stereocenters. The number of likely N-dealkylation sites (tertiary alicyclic amines) is 1. The van der Waals surface area contributed by atoms with E-state index in [1.807, 2.05) is 49.3 Å². The molecule has 9 nitrogen and oxygen atoms in total. The van der Waals surface area contributed by atoms with Gasteiger partial charge in [-0.2, -0.15) is 5.26 Å². The number of nitrogens with zero attached hydrogens (tertiary/aromatic N) is 4. The Hall–Kier alpha value is -3.68. The van der Waals surface area contributed by atoms with Crippen molar-refractivity contribution in [3.8, 4) is 6.07 Å². The monoisotopic (exact) mass is 622 g/mol. The van der Waals surface area contributed by atoms with E-state index < -0.39 is 17.4 Å². The predicted molar refractivity (Wildman–Crippen MR) is 169 cm³/mol. The van der Waals surface area contributed by atoms with Crippen LogP contribution < -0.4 is 11.5 Å². The van der Waals surface area contributed by atoms with E-state index >= 15 is 0 Å². The van der Waals surface area contributed by atoms with Gasteiger partial charge in [-0.1, -0.05) is 53.5 Å². The lowest BCUT2D eigenvalue weighted by atomic mass is 9.85. The van der Waals surface area contributed by atoms with Crippen molar-refractivity contribution in [2.24, 2.45) is 11.5 Å². The number of carbonyl (C=O) groups excluding carboxylic acids is 3. The molecule has 1 fully saturated rings. The van der Waals surface area contributed by atoms with E-state index in [1.54, 1.807) is 24.3 Å². The molecule has 43 heavy (non-hydrogen) atoms. The van der Waals surface area contributed by atoms with Gasteiger partial charge in [-0.05, 0) is 80.5 Å². The van der Waals surface area contributed by atoms with Crippen LogP contribution in [-0.2, 0) is 9.59 Å². The van der Waals surface area contributed by atoms with Crippen molar-refractivity contribution in [3.63, 3.8) is 0 Å². The summed E-state index contributed by atoms with van der Waals surface area (Å²) in [6.45, 7) is 1.94. The first-order valence-corrected chi connectivity index (χ1v) is 14.9. The van der Waals surface area contributed by atoms with Crippen LogP contribution in [0.1, 0.15) is 46.7 Å². The average molecular weight is 624 g/mol. The highest BCUT2D eigenvalue weighted by Gasteiger charge is 2.41. The second-order valence-corrected chi connectivity index (χ2v) is 12.1. The van der Waals surface area contributed by atoms with Gasteiger partial charge in [-0.15, -0.1) is 0 Å². The van der Waals surface area contributed by atoms with Crippen LogP contribution in [0.25, 0.3) is 10.8 Å². The molecule has 3 aromatic carbocycles. The molecule has 1 saturated heterocycles. The van der Waals surface area contributed by atoms with Gasteiger partial charge in [0.2, 0.25) is 11.8 Å². The Morgan fingerprint density at radius 3 is 2.33 bits per heavy atom. The third-order valence-corrected chi connectivity index (χ3v) is 9.24. The van der Waals surface area contributed by atoms with E-state index in [2.05, 4.69) is 11.0 Å². The molecule has 0 aliphatic carbocycles. The standard InChI is InChI=1S/C32H36Cl2N6O3/c1-38(2)32(31(37)43)10-13-39(14-11-32)12-9-24(22-7-8-27(33)28(34)17-22)19-40(20-29(36)41)30(42)26-16-21(18-35)15-23-5-3-4-6-25(23)26/h3-8,15-17,24H,9-14,19-20H2,1-2H3,(H2,36,41)(H2,37,43)/t24-/m1/s1. The number of carbonyl (C=O) groups is 3. The van der Waals surface area contributed by atoms with E-state index in [4.69, 9.17) is 34.7 Å². The molecule has 1 aliphatic heterocycles. The summed E-state index contributed by atoms with van der Waals surface area (Å²) in [5.74, 6) is -1.59. The molecular weight excluding hydrogens is 587 g/mol. The number of halogens is 2. The van der Waals surface area contributed by atoms with Crippen molar-refractivity contribution >= 4 is 51.7 Å². The first kappa shape index (κ1) is 32.2. The fourth-order valence-corrected chi connectivity index (χ4v) is 6.23. The van der Waals surface area contributed by atoms with Crippen LogP contribution in [0.15, 0.2) is 54.6 Å². The molecule has 11 heteroatoms. The minimum atomic E-state index is -0.676. The minimum Gasteiger partial charge on any atom is -0.368 e. The average Bonchev–Trinajstić information content (AvgIpc) is 2.98. The number of hydrogen-bond acceptors (Lipinski definition) is 6. The maximum absolute atomic E-state index is 14.1. The molecule has 4 N–H and O–H groups in total. The van der Waals surface area contributed by atoms with Gasteiger partial charge < -0.3 is 21.3 Å². The topological polar surface area (TPSA) is 137 Å². The van der Waals surface area contributed by atoms with Crippen LogP contribution in [0.5, 0.6) is 0 Å². The Labute approximate surface area is 261 Å². The number of fused-ring (bicyclic) bond motifs is 1. The molecule has 3 amide bonds. The molecule has 4 rings (SSSR count). The van der Waals surface area contributed by atoms with E-state index in [9.17, 15) is 19.6 Å².